The summed E-state index contributed by atoms with van der Waals surface area (Å²) < 4.78 is 14.4. The molecule has 0 aliphatic heterocycles. The van der Waals surface area contributed by atoms with E-state index in [1.54, 1.807) is 16.7 Å². The largest absolute Gasteiger partial charge is 0.382 e. The van der Waals surface area contributed by atoms with Gasteiger partial charge in [0.15, 0.2) is 17.2 Å². The molecule has 0 saturated carbocycles. The van der Waals surface area contributed by atoms with Crippen molar-refractivity contribution in [1.29, 1.82) is 0 Å². The molecule has 2 N–H and O–H groups in total. The third-order valence-corrected chi connectivity index (χ3v) is 3.09. The van der Waals surface area contributed by atoms with Crippen LogP contribution in [0.1, 0.15) is 5.56 Å². The van der Waals surface area contributed by atoms with Crippen LogP contribution in [-0.2, 0) is 17.8 Å². The van der Waals surface area contributed by atoms with Gasteiger partial charge in [-0.1, -0.05) is 12.1 Å². The highest BCUT2D eigenvalue weighted by atomic mass is 19.1. The van der Waals surface area contributed by atoms with Gasteiger partial charge in [0.25, 0.3) is 0 Å². The zero-order valence-corrected chi connectivity index (χ0v) is 11.0. The lowest BCUT2D eigenvalue weighted by Crippen LogP contribution is -2.12. The van der Waals surface area contributed by atoms with Crippen molar-refractivity contribution in [2.24, 2.45) is 0 Å². The first-order chi connectivity index (χ1) is 10.1. The fourth-order valence-electron chi connectivity index (χ4n) is 2.09. The number of rotatable bonds is 4. The maximum atomic E-state index is 12.8. The standard InChI is InChI=1S/C14H12FN5O/c15-10-3-1-9(2-4-10)5-11(21)6-20-8-19-12-13(16)17-7-18-14(12)20/h1-4,7-8H,5-6H2,(H2,16,17,18). The minimum atomic E-state index is -0.320. The normalized spacial score (nSPS) is 10.9. The Kier molecular flexibility index (Phi) is 3.31. The van der Waals surface area contributed by atoms with Gasteiger partial charge in [-0.25, -0.2) is 19.3 Å². The Morgan fingerprint density at radius 1 is 1.19 bits per heavy atom. The monoisotopic (exact) mass is 285 g/mol. The highest BCUT2D eigenvalue weighted by Gasteiger charge is 2.11. The molecule has 1 aromatic carbocycles. The molecule has 0 bridgehead atoms. The second kappa shape index (κ2) is 5.28. The van der Waals surface area contributed by atoms with Crippen molar-refractivity contribution in [1.82, 2.24) is 19.5 Å². The van der Waals surface area contributed by atoms with Gasteiger partial charge < -0.3 is 10.3 Å². The van der Waals surface area contributed by atoms with Crippen molar-refractivity contribution in [2.45, 2.75) is 13.0 Å². The summed E-state index contributed by atoms with van der Waals surface area (Å²) in [7, 11) is 0. The summed E-state index contributed by atoms with van der Waals surface area (Å²) in [6, 6.07) is 5.87. The molecule has 3 aromatic rings. The van der Waals surface area contributed by atoms with Crippen LogP contribution in [0.2, 0.25) is 0 Å². The van der Waals surface area contributed by atoms with Crippen LogP contribution in [0, 0.1) is 5.82 Å². The lowest BCUT2D eigenvalue weighted by molar-refractivity contribution is -0.118. The smallest absolute Gasteiger partial charge is 0.165 e. The summed E-state index contributed by atoms with van der Waals surface area (Å²) in [4.78, 5) is 24.1. The number of nitrogen functional groups attached to an aromatic ring is 1. The number of anilines is 1. The molecule has 106 valence electrons. The lowest BCUT2D eigenvalue weighted by atomic mass is 10.1. The van der Waals surface area contributed by atoms with E-state index in [-0.39, 0.29) is 30.4 Å². The lowest BCUT2D eigenvalue weighted by Gasteiger charge is -2.04. The van der Waals surface area contributed by atoms with Crippen LogP contribution in [0.15, 0.2) is 36.9 Å². The number of carbonyl (C=O) groups excluding carboxylic acids is 1. The predicted octanol–water partition coefficient (Wildman–Crippen LogP) is 1.36. The van der Waals surface area contributed by atoms with Crippen molar-refractivity contribution in [3.05, 3.63) is 48.3 Å². The van der Waals surface area contributed by atoms with Crippen LogP contribution in [-0.4, -0.2) is 25.3 Å². The van der Waals surface area contributed by atoms with Gasteiger partial charge in [-0.15, -0.1) is 0 Å². The van der Waals surface area contributed by atoms with Crippen LogP contribution in [0.25, 0.3) is 11.2 Å². The number of halogens is 1. The Morgan fingerprint density at radius 3 is 2.71 bits per heavy atom. The summed E-state index contributed by atoms with van der Waals surface area (Å²) in [6.45, 7) is 0.129. The number of benzene rings is 1. The molecule has 0 unspecified atom stereocenters. The molecular formula is C14H12FN5O. The molecule has 0 aliphatic carbocycles. The molecule has 7 heteroatoms. The maximum Gasteiger partial charge on any atom is 0.165 e. The number of nitrogens with zero attached hydrogens (tertiary/aromatic N) is 4. The number of hydrogen-bond acceptors (Lipinski definition) is 5. The average Bonchev–Trinajstić information content (AvgIpc) is 2.86. The maximum absolute atomic E-state index is 12.8. The predicted molar refractivity (Wildman–Crippen MR) is 74.8 cm³/mol. The number of carbonyl (C=O) groups is 1. The van der Waals surface area contributed by atoms with E-state index in [1.807, 2.05) is 0 Å². The Labute approximate surface area is 119 Å². The van der Waals surface area contributed by atoms with Crippen molar-refractivity contribution in [2.75, 3.05) is 5.73 Å². The summed E-state index contributed by atoms with van der Waals surface area (Å²) in [5.74, 6) is -0.0678. The van der Waals surface area contributed by atoms with E-state index in [2.05, 4.69) is 15.0 Å². The van der Waals surface area contributed by atoms with E-state index < -0.39 is 0 Å². The van der Waals surface area contributed by atoms with Crippen molar-refractivity contribution < 1.29 is 9.18 Å². The Bertz CT molecular complexity index is 797. The molecule has 0 radical (unpaired) electrons. The number of nitrogens with two attached hydrogens (primary N) is 1. The van der Waals surface area contributed by atoms with Gasteiger partial charge in [-0.05, 0) is 17.7 Å². The van der Waals surface area contributed by atoms with E-state index in [4.69, 9.17) is 5.73 Å². The number of Topliss-reactive ketones (excluding diaryl/α,β-unsaturated/α-hetero) is 1. The van der Waals surface area contributed by atoms with Crippen LogP contribution >= 0.6 is 0 Å². The Morgan fingerprint density at radius 2 is 1.95 bits per heavy atom. The van der Waals surface area contributed by atoms with Gasteiger partial charge in [0.2, 0.25) is 0 Å². The van der Waals surface area contributed by atoms with Gasteiger partial charge in [-0.2, -0.15) is 0 Å². The second-order valence-electron chi connectivity index (χ2n) is 4.65. The number of imidazole rings is 1. The van der Waals surface area contributed by atoms with Gasteiger partial charge >= 0.3 is 0 Å². The van der Waals surface area contributed by atoms with Gasteiger partial charge in [-0.3, -0.25) is 4.79 Å². The van der Waals surface area contributed by atoms with E-state index in [0.29, 0.717) is 11.2 Å². The quantitative estimate of drug-likeness (QED) is 0.782. The first-order valence-corrected chi connectivity index (χ1v) is 6.31. The van der Waals surface area contributed by atoms with E-state index in [0.717, 1.165) is 5.56 Å². The molecule has 0 amide bonds. The van der Waals surface area contributed by atoms with E-state index in [9.17, 15) is 9.18 Å². The fourth-order valence-corrected chi connectivity index (χ4v) is 2.09. The summed E-state index contributed by atoms with van der Waals surface area (Å²) in [5.41, 5.74) is 7.46. The van der Waals surface area contributed by atoms with Crippen LogP contribution in [0.3, 0.4) is 0 Å². The van der Waals surface area contributed by atoms with Gasteiger partial charge in [0.1, 0.15) is 17.7 Å². The second-order valence-corrected chi connectivity index (χ2v) is 4.65. The molecule has 21 heavy (non-hydrogen) atoms. The minimum absolute atomic E-state index is 0.0295. The van der Waals surface area contributed by atoms with E-state index in [1.165, 1.54) is 24.8 Å². The molecule has 2 aromatic heterocycles. The van der Waals surface area contributed by atoms with Crippen LogP contribution in [0.4, 0.5) is 10.2 Å². The summed E-state index contributed by atoms with van der Waals surface area (Å²) in [5, 5.41) is 0. The number of fused-ring (bicyclic) bond motifs is 1. The molecule has 0 spiro atoms. The number of aromatic nitrogens is 4. The van der Waals surface area contributed by atoms with E-state index >= 15 is 0 Å². The summed E-state index contributed by atoms with van der Waals surface area (Å²) in [6.07, 6.45) is 3.07. The van der Waals surface area contributed by atoms with Gasteiger partial charge in [0, 0.05) is 6.42 Å². The number of hydrogen-bond donors (Lipinski definition) is 1. The minimum Gasteiger partial charge on any atom is -0.382 e. The highest BCUT2D eigenvalue weighted by Crippen LogP contribution is 2.14. The molecule has 2 heterocycles. The third kappa shape index (κ3) is 2.71. The zero-order valence-electron chi connectivity index (χ0n) is 11.0. The third-order valence-electron chi connectivity index (χ3n) is 3.09. The molecule has 0 fully saturated rings. The Hall–Kier alpha value is -2.83. The van der Waals surface area contributed by atoms with Crippen LogP contribution < -0.4 is 5.73 Å². The highest BCUT2D eigenvalue weighted by molar-refractivity contribution is 5.85. The first-order valence-electron chi connectivity index (χ1n) is 6.31. The molecule has 0 saturated heterocycles. The number of ketones is 1. The van der Waals surface area contributed by atoms with Crippen molar-refractivity contribution >= 4 is 22.8 Å². The topological polar surface area (TPSA) is 86.7 Å². The molecule has 0 atom stereocenters. The summed E-state index contributed by atoms with van der Waals surface area (Å²) >= 11 is 0. The first kappa shape index (κ1) is 13.2. The molecule has 3 rings (SSSR count). The van der Waals surface area contributed by atoms with Crippen molar-refractivity contribution in [3.63, 3.8) is 0 Å². The Balaban J connectivity index is 1.77. The fraction of sp³-hybridized carbons (Fsp3) is 0.143. The molecular weight excluding hydrogens is 273 g/mol. The SMILES string of the molecule is Nc1ncnc2c1ncn2CC(=O)Cc1ccc(F)cc1. The zero-order chi connectivity index (χ0) is 14.8. The van der Waals surface area contributed by atoms with Crippen LogP contribution in [0.5, 0.6) is 0 Å². The average molecular weight is 285 g/mol. The molecule has 6 nitrogen and oxygen atoms in total. The van der Waals surface area contributed by atoms with Crippen molar-refractivity contribution in [3.8, 4) is 0 Å². The van der Waals surface area contributed by atoms with Gasteiger partial charge in [0.05, 0.1) is 12.9 Å². The molecule has 0 aliphatic rings.